The lowest BCUT2D eigenvalue weighted by atomic mass is 10.0. The Bertz CT molecular complexity index is 361. The molecule has 0 aliphatic heterocycles. The molecule has 0 amide bonds. The van der Waals surface area contributed by atoms with Crippen LogP contribution in [0.25, 0.3) is 0 Å². The van der Waals surface area contributed by atoms with Gasteiger partial charge in [0.2, 0.25) is 0 Å². The Hall–Kier alpha value is -1.05. The smallest absolute Gasteiger partial charge is 0.339 e. The number of hydrogen-bond donors (Lipinski definition) is 0. The molecule has 0 aromatic carbocycles. The molecule has 1 aromatic rings. The summed E-state index contributed by atoms with van der Waals surface area (Å²) in [7, 11) is 0. The van der Waals surface area contributed by atoms with E-state index >= 15 is 0 Å². The Kier molecular flexibility index (Phi) is 2.91. The van der Waals surface area contributed by atoms with Gasteiger partial charge in [-0.1, -0.05) is 13.8 Å². The van der Waals surface area contributed by atoms with Crippen LogP contribution in [0.2, 0.25) is 0 Å². The molecule has 0 spiro atoms. The maximum absolute atomic E-state index is 11.4. The standard InChI is InChI=1S/C11H16O2/c1-5-9-7(3)10(6-2)13-11(12)8(9)4/h5-6H2,1-4H3. The first-order valence-corrected chi connectivity index (χ1v) is 4.73. The predicted molar refractivity (Wildman–Crippen MR) is 53.2 cm³/mol. The first-order chi connectivity index (χ1) is 6.11. The number of rotatable bonds is 2. The fourth-order valence-corrected chi connectivity index (χ4v) is 1.71. The van der Waals surface area contributed by atoms with Gasteiger partial charge in [-0.15, -0.1) is 0 Å². The van der Waals surface area contributed by atoms with Crippen LogP contribution in [0.15, 0.2) is 9.21 Å². The summed E-state index contributed by atoms with van der Waals surface area (Å²) in [5, 5.41) is 0. The fourth-order valence-electron chi connectivity index (χ4n) is 1.71. The van der Waals surface area contributed by atoms with E-state index < -0.39 is 0 Å². The highest BCUT2D eigenvalue weighted by molar-refractivity contribution is 5.32. The van der Waals surface area contributed by atoms with Gasteiger partial charge in [0.1, 0.15) is 5.76 Å². The molecule has 0 atom stereocenters. The van der Waals surface area contributed by atoms with Crippen LogP contribution < -0.4 is 5.63 Å². The largest absolute Gasteiger partial charge is 0.427 e. The third-order valence-electron chi connectivity index (χ3n) is 2.52. The molecule has 13 heavy (non-hydrogen) atoms. The highest BCUT2D eigenvalue weighted by Crippen LogP contribution is 2.15. The van der Waals surface area contributed by atoms with E-state index in [9.17, 15) is 4.79 Å². The van der Waals surface area contributed by atoms with Crippen LogP contribution in [0.3, 0.4) is 0 Å². The van der Waals surface area contributed by atoms with Gasteiger partial charge >= 0.3 is 5.63 Å². The van der Waals surface area contributed by atoms with Crippen LogP contribution in [0.1, 0.15) is 36.3 Å². The van der Waals surface area contributed by atoms with E-state index in [4.69, 9.17) is 4.42 Å². The monoisotopic (exact) mass is 180 g/mol. The summed E-state index contributed by atoms with van der Waals surface area (Å²) in [6.07, 6.45) is 1.69. The maximum atomic E-state index is 11.4. The van der Waals surface area contributed by atoms with Gasteiger partial charge in [-0.2, -0.15) is 0 Å². The molecule has 0 unspecified atom stereocenters. The van der Waals surface area contributed by atoms with Crippen LogP contribution in [-0.4, -0.2) is 0 Å². The van der Waals surface area contributed by atoms with E-state index in [1.165, 1.54) is 0 Å². The van der Waals surface area contributed by atoms with Crippen molar-refractivity contribution >= 4 is 0 Å². The summed E-state index contributed by atoms with van der Waals surface area (Å²) in [6.45, 7) is 7.92. The summed E-state index contributed by atoms with van der Waals surface area (Å²) in [4.78, 5) is 11.4. The summed E-state index contributed by atoms with van der Waals surface area (Å²) in [5.41, 5.74) is 2.87. The molecule has 0 radical (unpaired) electrons. The van der Waals surface area contributed by atoms with Crippen molar-refractivity contribution in [2.24, 2.45) is 0 Å². The van der Waals surface area contributed by atoms with E-state index in [1.807, 2.05) is 20.8 Å². The molecular formula is C11H16O2. The molecule has 2 heteroatoms. The Morgan fingerprint density at radius 2 is 1.69 bits per heavy atom. The minimum Gasteiger partial charge on any atom is -0.427 e. The van der Waals surface area contributed by atoms with Crippen molar-refractivity contribution in [1.82, 2.24) is 0 Å². The van der Waals surface area contributed by atoms with Crippen molar-refractivity contribution in [3.8, 4) is 0 Å². The van der Waals surface area contributed by atoms with Gasteiger partial charge < -0.3 is 4.42 Å². The predicted octanol–water partition coefficient (Wildman–Crippen LogP) is 2.38. The molecule has 1 rings (SSSR count). The Labute approximate surface area is 78.6 Å². The van der Waals surface area contributed by atoms with E-state index in [0.29, 0.717) is 0 Å². The quantitative estimate of drug-likeness (QED) is 0.699. The van der Waals surface area contributed by atoms with E-state index in [-0.39, 0.29) is 5.63 Å². The van der Waals surface area contributed by atoms with Crippen molar-refractivity contribution in [1.29, 1.82) is 0 Å². The zero-order chi connectivity index (χ0) is 10.0. The van der Waals surface area contributed by atoms with E-state index in [1.54, 1.807) is 0 Å². The molecule has 1 heterocycles. The van der Waals surface area contributed by atoms with Gasteiger partial charge in [-0.3, -0.25) is 0 Å². The van der Waals surface area contributed by atoms with Gasteiger partial charge in [-0.05, 0) is 31.4 Å². The Morgan fingerprint density at radius 1 is 1.08 bits per heavy atom. The topological polar surface area (TPSA) is 30.2 Å². The van der Waals surface area contributed by atoms with E-state index in [2.05, 4.69) is 6.92 Å². The van der Waals surface area contributed by atoms with Crippen LogP contribution in [-0.2, 0) is 12.8 Å². The molecule has 0 aliphatic rings. The van der Waals surface area contributed by atoms with Gasteiger partial charge in [-0.25, -0.2) is 4.79 Å². The molecule has 0 saturated heterocycles. The fraction of sp³-hybridized carbons (Fsp3) is 0.545. The van der Waals surface area contributed by atoms with Crippen molar-refractivity contribution < 1.29 is 4.42 Å². The molecule has 0 bridgehead atoms. The molecule has 0 N–H and O–H groups in total. The van der Waals surface area contributed by atoms with Crippen molar-refractivity contribution in [2.45, 2.75) is 40.5 Å². The zero-order valence-electron chi connectivity index (χ0n) is 8.73. The average molecular weight is 180 g/mol. The highest BCUT2D eigenvalue weighted by atomic mass is 16.4. The van der Waals surface area contributed by atoms with Crippen molar-refractivity contribution in [3.63, 3.8) is 0 Å². The summed E-state index contributed by atoms with van der Waals surface area (Å²) < 4.78 is 5.17. The molecule has 0 aliphatic carbocycles. The van der Waals surface area contributed by atoms with Crippen molar-refractivity contribution in [3.05, 3.63) is 32.9 Å². The minimum absolute atomic E-state index is 0.181. The van der Waals surface area contributed by atoms with Gasteiger partial charge in [0, 0.05) is 12.0 Å². The first-order valence-electron chi connectivity index (χ1n) is 4.73. The summed E-state index contributed by atoms with van der Waals surface area (Å²) in [6, 6.07) is 0. The number of hydrogen-bond acceptors (Lipinski definition) is 2. The third-order valence-corrected chi connectivity index (χ3v) is 2.52. The van der Waals surface area contributed by atoms with Crippen LogP contribution >= 0.6 is 0 Å². The first kappa shape index (κ1) is 10.0. The SMILES string of the molecule is CCc1oc(=O)c(C)c(CC)c1C. The van der Waals surface area contributed by atoms with Gasteiger partial charge in [0.25, 0.3) is 0 Å². The van der Waals surface area contributed by atoms with Crippen molar-refractivity contribution in [2.75, 3.05) is 0 Å². The minimum atomic E-state index is -0.181. The molecule has 0 saturated carbocycles. The van der Waals surface area contributed by atoms with E-state index in [0.717, 1.165) is 35.3 Å². The maximum Gasteiger partial charge on any atom is 0.339 e. The average Bonchev–Trinajstić information content (AvgIpc) is 2.12. The molecule has 0 fully saturated rings. The molecular weight excluding hydrogens is 164 g/mol. The molecule has 2 nitrogen and oxygen atoms in total. The lowest BCUT2D eigenvalue weighted by molar-refractivity contribution is 0.452. The highest BCUT2D eigenvalue weighted by Gasteiger charge is 2.10. The Morgan fingerprint density at radius 3 is 2.15 bits per heavy atom. The zero-order valence-corrected chi connectivity index (χ0v) is 8.73. The van der Waals surface area contributed by atoms with Gasteiger partial charge in [0.05, 0.1) is 0 Å². The van der Waals surface area contributed by atoms with Crippen LogP contribution in [0.4, 0.5) is 0 Å². The second kappa shape index (κ2) is 3.77. The lowest BCUT2D eigenvalue weighted by Gasteiger charge is -2.09. The lowest BCUT2D eigenvalue weighted by Crippen LogP contribution is -2.11. The summed E-state index contributed by atoms with van der Waals surface area (Å²) >= 11 is 0. The Balaban J connectivity index is 3.48. The van der Waals surface area contributed by atoms with Crippen LogP contribution in [0, 0.1) is 13.8 Å². The molecule has 1 aromatic heterocycles. The molecule has 72 valence electrons. The second-order valence-corrected chi connectivity index (χ2v) is 3.25. The van der Waals surface area contributed by atoms with Gasteiger partial charge in [0.15, 0.2) is 0 Å². The summed E-state index contributed by atoms with van der Waals surface area (Å²) in [5.74, 6) is 0.826. The second-order valence-electron chi connectivity index (χ2n) is 3.25. The third kappa shape index (κ3) is 1.67. The number of aryl methyl sites for hydroxylation is 1. The normalized spacial score (nSPS) is 10.5. The van der Waals surface area contributed by atoms with Crippen LogP contribution in [0.5, 0.6) is 0 Å².